The van der Waals surface area contributed by atoms with E-state index in [4.69, 9.17) is 10.5 Å². The Labute approximate surface area is 125 Å². The number of nitrogens with two attached hydrogens (primary N) is 1. The zero-order chi connectivity index (χ0) is 16.1. The van der Waals surface area contributed by atoms with Crippen LogP contribution in [-0.4, -0.2) is 42.0 Å². The summed E-state index contributed by atoms with van der Waals surface area (Å²) in [5.41, 5.74) is 5.09. The molecule has 2 unspecified atom stereocenters. The molecule has 3 rings (SSSR count). The van der Waals surface area contributed by atoms with Gasteiger partial charge in [0, 0.05) is 0 Å². The molecule has 118 valence electrons. The lowest BCUT2D eigenvalue weighted by Gasteiger charge is -2.21. The zero-order valence-electron chi connectivity index (χ0n) is 11.8. The van der Waals surface area contributed by atoms with E-state index in [1.807, 2.05) is 0 Å². The van der Waals surface area contributed by atoms with Crippen LogP contribution in [0.15, 0.2) is 12.1 Å². The number of aliphatic hydroxyl groups excluding tert-OH is 1. The first-order valence-electron chi connectivity index (χ1n) is 6.71. The van der Waals surface area contributed by atoms with Gasteiger partial charge in [-0.3, -0.25) is 14.5 Å². The molecule has 1 aromatic rings. The Morgan fingerprint density at radius 2 is 2.36 bits per heavy atom. The molecule has 0 saturated carbocycles. The van der Waals surface area contributed by atoms with Crippen LogP contribution in [0.2, 0.25) is 0 Å². The summed E-state index contributed by atoms with van der Waals surface area (Å²) >= 11 is 0. The van der Waals surface area contributed by atoms with Gasteiger partial charge in [-0.1, -0.05) is 0 Å². The fourth-order valence-corrected chi connectivity index (χ4v) is 2.99. The Morgan fingerprint density at radius 1 is 1.64 bits per heavy atom. The van der Waals surface area contributed by atoms with Crippen LogP contribution < -0.4 is 5.73 Å². The van der Waals surface area contributed by atoms with E-state index < -0.39 is 36.3 Å². The Morgan fingerprint density at radius 3 is 3.05 bits per heavy atom. The van der Waals surface area contributed by atoms with Crippen molar-refractivity contribution in [3.05, 3.63) is 29.1 Å². The number of methoxy groups -OCH3 is 1. The summed E-state index contributed by atoms with van der Waals surface area (Å²) in [6, 6.07) is 2.62. The van der Waals surface area contributed by atoms with E-state index in [9.17, 15) is 19.1 Å². The number of anilines is 1. The lowest BCUT2D eigenvalue weighted by atomic mass is 9.94. The molecule has 7 nitrogen and oxygen atoms in total. The molecule has 8 heteroatoms. The summed E-state index contributed by atoms with van der Waals surface area (Å²) in [7, 11) is 1.18. The standard InChI is InChI=1S/C14H15FN2O5/c1-21-11(18)6-17-12(19)14(22-13(17)20)3-2-7-4-10(16)9(15)5-8(7)14/h4-5,13,20H,2-3,6,16H2,1H3. The predicted molar refractivity (Wildman–Crippen MR) is 71.6 cm³/mol. The number of hydrogen-bond donors (Lipinski definition) is 2. The highest BCUT2D eigenvalue weighted by atomic mass is 19.1. The van der Waals surface area contributed by atoms with Crippen molar-refractivity contribution in [3.8, 4) is 0 Å². The number of aryl methyl sites for hydroxylation is 1. The number of carbonyl (C=O) groups excluding carboxylic acids is 2. The molecule has 0 bridgehead atoms. The minimum absolute atomic E-state index is 0.00629. The molecule has 22 heavy (non-hydrogen) atoms. The lowest BCUT2D eigenvalue weighted by molar-refractivity contribution is -0.183. The summed E-state index contributed by atoms with van der Waals surface area (Å²) in [5.74, 6) is -1.93. The van der Waals surface area contributed by atoms with Crippen LogP contribution in [0.1, 0.15) is 17.5 Å². The van der Waals surface area contributed by atoms with Gasteiger partial charge < -0.3 is 20.3 Å². The minimum atomic E-state index is -1.59. The monoisotopic (exact) mass is 310 g/mol. The van der Waals surface area contributed by atoms with Gasteiger partial charge in [0.25, 0.3) is 5.91 Å². The number of halogens is 1. The lowest BCUT2D eigenvalue weighted by Crippen LogP contribution is -2.41. The third-order valence-corrected chi connectivity index (χ3v) is 4.11. The number of carbonyl (C=O) groups is 2. The molecule has 2 atom stereocenters. The first kappa shape index (κ1) is 14.7. The molecule has 2 aliphatic rings. The van der Waals surface area contributed by atoms with Crippen molar-refractivity contribution >= 4 is 17.6 Å². The third kappa shape index (κ3) is 1.95. The molecule has 1 aromatic carbocycles. The summed E-state index contributed by atoms with van der Waals surface area (Å²) in [6.07, 6.45) is -0.874. The van der Waals surface area contributed by atoms with E-state index in [2.05, 4.69) is 4.74 Å². The number of nitrogen functional groups attached to an aromatic ring is 1. The molecular formula is C14H15FN2O5. The smallest absolute Gasteiger partial charge is 0.325 e. The highest BCUT2D eigenvalue weighted by Gasteiger charge is 2.57. The quantitative estimate of drug-likeness (QED) is 0.582. The topological polar surface area (TPSA) is 102 Å². The van der Waals surface area contributed by atoms with E-state index in [1.54, 1.807) is 0 Å². The van der Waals surface area contributed by atoms with Gasteiger partial charge in [0.05, 0.1) is 12.8 Å². The van der Waals surface area contributed by atoms with E-state index in [1.165, 1.54) is 13.2 Å². The van der Waals surface area contributed by atoms with Gasteiger partial charge in [0.2, 0.25) is 6.41 Å². The number of hydrogen-bond acceptors (Lipinski definition) is 6. The van der Waals surface area contributed by atoms with Gasteiger partial charge in [0.1, 0.15) is 12.4 Å². The van der Waals surface area contributed by atoms with Crippen molar-refractivity contribution in [2.45, 2.75) is 24.9 Å². The van der Waals surface area contributed by atoms with Gasteiger partial charge in [-0.25, -0.2) is 4.39 Å². The van der Waals surface area contributed by atoms with Gasteiger partial charge in [-0.15, -0.1) is 0 Å². The number of nitrogens with zero attached hydrogens (tertiary/aromatic N) is 1. The normalized spacial score (nSPS) is 26.6. The number of aliphatic hydroxyl groups is 1. The maximum absolute atomic E-state index is 13.8. The highest BCUT2D eigenvalue weighted by molar-refractivity contribution is 5.92. The maximum atomic E-state index is 13.8. The average molecular weight is 310 g/mol. The molecule has 1 saturated heterocycles. The van der Waals surface area contributed by atoms with E-state index in [-0.39, 0.29) is 12.1 Å². The summed E-state index contributed by atoms with van der Waals surface area (Å²) in [4.78, 5) is 24.8. The van der Waals surface area contributed by atoms with Crippen molar-refractivity contribution < 1.29 is 28.6 Å². The number of amides is 1. The first-order chi connectivity index (χ1) is 10.4. The molecule has 1 aliphatic heterocycles. The molecule has 1 heterocycles. The van der Waals surface area contributed by atoms with Crippen LogP contribution in [0, 0.1) is 5.82 Å². The fraction of sp³-hybridized carbons (Fsp3) is 0.429. The van der Waals surface area contributed by atoms with Gasteiger partial charge in [-0.2, -0.15) is 0 Å². The highest BCUT2D eigenvalue weighted by Crippen LogP contribution is 2.47. The second kappa shape index (κ2) is 4.92. The number of ether oxygens (including phenoxy) is 2. The number of fused-ring (bicyclic) bond motifs is 2. The van der Waals surface area contributed by atoms with Crippen molar-refractivity contribution in [3.63, 3.8) is 0 Å². The molecular weight excluding hydrogens is 295 g/mol. The molecule has 1 amide bonds. The van der Waals surface area contributed by atoms with Crippen molar-refractivity contribution in [1.29, 1.82) is 0 Å². The molecule has 1 aliphatic carbocycles. The van der Waals surface area contributed by atoms with Crippen molar-refractivity contribution in [1.82, 2.24) is 4.90 Å². The molecule has 0 aromatic heterocycles. The Hall–Kier alpha value is -2.19. The molecule has 3 N–H and O–H groups in total. The number of rotatable bonds is 2. The average Bonchev–Trinajstić information content (AvgIpc) is 2.94. The van der Waals surface area contributed by atoms with E-state index in [0.717, 1.165) is 11.0 Å². The first-order valence-corrected chi connectivity index (χ1v) is 6.71. The SMILES string of the molecule is COC(=O)CN1C(=O)C2(CCc3cc(N)c(F)cc32)OC1O. The Balaban J connectivity index is 1.99. The molecule has 1 spiro atoms. The predicted octanol–water partition coefficient (Wildman–Crippen LogP) is -0.143. The van der Waals surface area contributed by atoms with Gasteiger partial charge in [0.15, 0.2) is 5.60 Å². The minimum Gasteiger partial charge on any atom is -0.468 e. The summed E-state index contributed by atoms with van der Waals surface area (Å²) < 4.78 is 23.7. The van der Waals surface area contributed by atoms with Crippen LogP contribution in [0.3, 0.4) is 0 Å². The van der Waals surface area contributed by atoms with Crippen molar-refractivity contribution in [2.24, 2.45) is 0 Å². The van der Waals surface area contributed by atoms with Crippen LogP contribution >= 0.6 is 0 Å². The van der Waals surface area contributed by atoms with Crippen LogP contribution in [0.25, 0.3) is 0 Å². The van der Waals surface area contributed by atoms with Crippen LogP contribution in [0.4, 0.5) is 10.1 Å². The Kier molecular flexibility index (Phi) is 3.30. The van der Waals surface area contributed by atoms with Crippen molar-refractivity contribution in [2.75, 3.05) is 19.4 Å². The largest absolute Gasteiger partial charge is 0.468 e. The second-order valence-electron chi connectivity index (χ2n) is 5.31. The number of esters is 1. The zero-order valence-corrected chi connectivity index (χ0v) is 11.8. The summed E-state index contributed by atoms with van der Waals surface area (Å²) in [5, 5.41) is 9.94. The van der Waals surface area contributed by atoms with E-state index in [0.29, 0.717) is 17.5 Å². The maximum Gasteiger partial charge on any atom is 0.325 e. The van der Waals surface area contributed by atoms with Crippen LogP contribution in [0.5, 0.6) is 0 Å². The van der Waals surface area contributed by atoms with Gasteiger partial charge >= 0.3 is 5.97 Å². The number of benzene rings is 1. The molecule has 1 fully saturated rings. The second-order valence-corrected chi connectivity index (χ2v) is 5.31. The Bertz CT molecular complexity index is 665. The van der Waals surface area contributed by atoms with Gasteiger partial charge in [-0.05, 0) is 36.1 Å². The van der Waals surface area contributed by atoms with Crippen LogP contribution in [-0.2, 0) is 31.1 Å². The molecule has 0 radical (unpaired) electrons. The van der Waals surface area contributed by atoms with E-state index >= 15 is 0 Å². The fourth-order valence-electron chi connectivity index (χ4n) is 2.99. The summed E-state index contributed by atoms with van der Waals surface area (Å²) in [6.45, 7) is -0.439. The third-order valence-electron chi connectivity index (χ3n) is 4.11.